The molecule has 6 N–H and O–H groups in total. The van der Waals surface area contributed by atoms with Crippen LogP contribution in [0.15, 0.2) is 57.9 Å². The maximum absolute atomic E-state index is 13.1. The van der Waals surface area contributed by atoms with E-state index in [1.54, 1.807) is 31.4 Å². The number of fused-ring (bicyclic) bond motifs is 1. The van der Waals surface area contributed by atoms with Crippen LogP contribution in [-0.2, 0) is 14.2 Å². The van der Waals surface area contributed by atoms with Crippen LogP contribution in [0, 0.1) is 0 Å². The summed E-state index contributed by atoms with van der Waals surface area (Å²) in [6.45, 7) is -1.56. The van der Waals surface area contributed by atoms with E-state index in [0.29, 0.717) is 16.9 Å². The van der Waals surface area contributed by atoms with Gasteiger partial charge < -0.3 is 58.7 Å². The average molecular weight is 563 g/mol. The SMILES string of the molecule is COc1ccc(-c2coc3cc(O[C@@H]4O[C@H](CO[C@@H]5OC[C@](O)(CO)[C@H]5O)[C@H](O)[C@H](O)[C@H]4O)ccc3c2=O)cc1. The summed E-state index contributed by atoms with van der Waals surface area (Å²) in [6.07, 6.45) is -9.18. The van der Waals surface area contributed by atoms with E-state index in [0.717, 1.165) is 0 Å². The lowest BCUT2D eigenvalue weighted by atomic mass is 9.99. The molecule has 216 valence electrons. The summed E-state index contributed by atoms with van der Waals surface area (Å²) in [5.41, 5.74) is -0.976. The first kappa shape index (κ1) is 28.4. The second-order valence-corrected chi connectivity index (χ2v) is 9.72. The van der Waals surface area contributed by atoms with Crippen molar-refractivity contribution in [3.63, 3.8) is 0 Å². The largest absolute Gasteiger partial charge is 0.497 e. The normalized spacial score (nSPS) is 32.3. The van der Waals surface area contributed by atoms with Gasteiger partial charge in [0.2, 0.25) is 6.29 Å². The molecule has 0 aliphatic carbocycles. The summed E-state index contributed by atoms with van der Waals surface area (Å²) < 4.78 is 32.7. The quantitative estimate of drug-likeness (QED) is 0.198. The maximum Gasteiger partial charge on any atom is 0.229 e. The van der Waals surface area contributed by atoms with Crippen molar-refractivity contribution in [2.24, 2.45) is 0 Å². The number of methoxy groups -OCH3 is 1. The smallest absolute Gasteiger partial charge is 0.229 e. The molecule has 0 saturated carbocycles. The third-order valence-electron chi connectivity index (χ3n) is 7.07. The summed E-state index contributed by atoms with van der Waals surface area (Å²) in [7, 11) is 1.55. The van der Waals surface area contributed by atoms with Gasteiger partial charge in [0.05, 0.1) is 37.9 Å². The molecule has 5 rings (SSSR count). The molecule has 0 unspecified atom stereocenters. The lowest BCUT2D eigenvalue weighted by Gasteiger charge is -2.40. The lowest BCUT2D eigenvalue weighted by Crippen LogP contribution is -2.60. The zero-order chi connectivity index (χ0) is 28.6. The van der Waals surface area contributed by atoms with Gasteiger partial charge in [0.1, 0.15) is 59.5 Å². The standard InChI is InChI=1S/C27H30O13/c1-35-14-4-2-13(3-5-14)17-9-36-18-8-15(6-7-16(18)20(17)29)39-25-23(32)22(31)21(30)19(40-25)10-37-26-24(33)27(34,11-28)12-38-26/h2-9,19,21-26,28,30-34H,10-12H2,1H3/t19-,21+,22+,23-,24+,25-,26-,27-/m1/s1. The van der Waals surface area contributed by atoms with Crippen molar-refractivity contribution in [2.75, 3.05) is 26.9 Å². The van der Waals surface area contributed by atoms with Crippen molar-refractivity contribution < 1.29 is 58.7 Å². The number of hydrogen-bond acceptors (Lipinski definition) is 13. The third-order valence-corrected chi connectivity index (χ3v) is 7.07. The molecular weight excluding hydrogens is 532 g/mol. The van der Waals surface area contributed by atoms with Gasteiger partial charge in [0.15, 0.2) is 11.7 Å². The van der Waals surface area contributed by atoms with Crippen LogP contribution in [0.5, 0.6) is 11.5 Å². The molecule has 13 nitrogen and oxygen atoms in total. The predicted octanol–water partition coefficient (Wildman–Crippen LogP) is -0.888. The van der Waals surface area contributed by atoms with E-state index >= 15 is 0 Å². The van der Waals surface area contributed by atoms with Crippen molar-refractivity contribution in [3.8, 4) is 22.6 Å². The number of aliphatic hydroxyl groups excluding tert-OH is 5. The van der Waals surface area contributed by atoms with E-state index in [2.05, 4.69) is 0 Å². The van der Waals surface area contributed by atoms with Crippen LogP contribution in [0.2, 0.25) is 0 Å². The molecule has 2 aliphatic heterocycles. The van der Waals surface area contributed by atoms with Crippen LogP contribution in [0.4, 0.5) is 0 Å². The van der Waals surface area contributed by atoms with Gasteiger partial charge in [-0.15, -0.1) is 0 Å². The van der Waals surface area contributed by atoms with Crippen LogP contribution < -0.4 is 14.9 Å². The van der Waals surface area contributed by atoms with E-state index in [1.165, 1.54) is 24.5 Å². The van der Waals surface area contributed by atoms with E-state index in [1.807, 2.05) is 0 Å². The van der Waals surface area contributed by atoms with Crippen LogP contribution in [0.1, 0.15) is 0 Å². The van der Waals surface area contributed by atoms with Crippen LogP contribution >= 0.6 is 0 Å². The van der Waals surface area contributed by atoms with Crippen LogP contribution in [-0.4, -0.2) is 106 Å². The fraction of sp³-hybridized carbons (Fsp3) is 0.444. The van der Waals surface area contributed by atoms with E-state index in [-0.39, 0.29) is 28.8 Å². The summed E-state index contributed by atoms with van der Waals surface area (Å²) in [5.74, 6) is 0.787. The topological polar surface area (TPSA) is 198 Å². The predicted molar refractivity (Wildman–Crippen MR) is 136 cm³/mol. The Morgan fingerprint density at radius 2 is 1.70 bits per heavy atom. The first-order valence-electron chi connectivity index (χ1n) is 12.5. The zero-order valence-corrected chi connectivity index (χ0v) is 21.3. The first-order chi connectivity index (χ1) is 19.1. The first-order valence-corrected chi connectivity index (χ1v) is 12.5. The van der Waals surface area contributed by atoms with Gasteiger partial charge in [0, 0.05) is 6.07 Å². The second-order valence-electron chi connectivity index (χ2n) is 9.72. The van der Waals surface area contributed by atoms with E-state index in [9.17, 15) is 35.4 Å². The second kappa shape index (κ2) is 11.4. The van der Waals surface area contributed by atoms with Crippen LogP contribution in [0.3, 0.4) is 0 Å². The molecule has 40 heavy (non-hydrogen) atoms. The van der Waals surface area contributed by atoms with Crippen LogP contribution in [0.25, 0.3) is 22.1 Å². The Labute approximate surface area is 227 Å². The Kier molecular flexibility index (Phi) is 8.10. The minimum absolute atomic E-state index is 0.141. The number of rotatable bonds is 8. The lowest BCUT2D eigenvalue weighted by molar-refractivity contribution is -0.289. The Balaban J connectivity index is 1.29. The molecule has 0 amide bonds. The number of aliphatic hydroxyl groups is 6. The molecule has 13 heteroatoms. The Morgan fingerprint density at radius 1 is 0.975 bits per heavy atom. The van der Waals surface area contributed by atoms with Gasteiger partial charge in [-0.1, -0.05) is 12.1 Å². The molecule has 2 aliphatic rings. The monoisotopic (exact) mass is 562 g/mol. The maximum atomic E-state index is 13.1. The molecule has 3 heterocycles. The molecule has 2 saturated heterocycles. The van der Waals surface area contributed by atoms with E-state index in [4.69, 9.17) is 28.1 Å². The van der Waals surface area contributed by atoms with Gasteiger partial charge in [-0.05, 0) is 29.8 Å². The molecule has 0 radical (unpaired) electrons. The molecule has 0 bridgehead atoms. The molecule has 3 aromatic rings. The Hall–Kier alpha value is -3.11. The highest BCUT2D eigenvalue weighted by Crippen LogP contribution is 2.30. The van der Waals surface area contributed by atoms with Gasteiger partial charge in [-0.2, -0.15) is 0 Å². The highest BCUT2D eigenvalue weighted by atomic mass is 16.7. The molecular formula is C27H30O13. The van der Waals surface area contributed by atoms with Gasteiger partial charge in [-0.3, -0.25) is 4.79 Å². The van der Waals surface area contributed by atoms with Gasteiger partial charge >= 0.3 is 0 Å². The average Bonchev–Trinajstić information content (AvgIpc) is 3.26. The summed E-state index contributed by atoms with van der Waals surface area (Å²) >= 11 is 0. The van der Waals surface area contributed by atoms with E-state index < -0.39 is 61.9 Å². The van der Waals surface area contributed by atoms with Gasteiger partial charge in [0.25, 0.3) is 0 Å². The molecule has 8 atom stereocenters. The van der Waals surface area contributed by atoms with Crippen molar-refractivity contribution in [1.82, 2.24) is 0 Å². The minimum atomic E-state index is -1.90. The Bertz CT molecular complexity index is 1380. The zero-order valence-electron chi connectivity index (χ0n) is 21.3. The number of benzene rings is 2. The number of ether oxygens (including phenoxy) is 5. The van der Waals surface area contributed by atoms with Crippen molar-refractivity contribution in [2.45, 2.75) is 48.7 Å². The summed E-state index contributed by atoms with van der Waals surface area (Å²) in [4.78, 5) is 13.1. The summed E-state index contributed by atoms with van der Waals surface area (Å²) in [6, 6.07) is 11.3. The molecule has 0 spiro atoms. The fourth-order valence-electron chi connectivity index (χ4n) is 4.56. The highest BCUT2D eigenvalue weighted by molar-refractivity contribution is 5.82. The molecule has 2 fully saturated rings. The van der Waals surface area contributed by atoms with Gasteiger partial charge in [-0.25, -0.2) is 0 Å². The highest BCUT2D eigenvalue weighted by Gasteiger charge is 2.50. The van der Waals surface area contributed by atoms with Crippen molar-refractivity contribution in [1.29, 1.82) is 0 Å². The third kappa shape index (κ3) is 5.31. The summed E-state index contributed by atoms with van der Waals surface area (Å²) in [5, 5.41) is 61.0. The van der Waals surface area contributed by atoms with Crippen molar-refractivity contribution in [3.05, 3.63) is 59.0 Å². The van der Waals surface area contributed by atoms with Crippen molar-refractivity contribution >= 4 is 11.0 Å². The molecule has 2 aromatic carbocycles. The Morgan fingerprint density at radius 3 is 2.38 bits per heavy atom. The minimum Gasteiger partial charge on any atom is -0.497 e. The molecule has 1 aromatic heterocycles. The number of hydrogen-bond donors (Lipinski definition) is 6. The fourth-order valence-corrected chi connectivity index (χ4v) is 4.56.